The van der Waals surface area contributed by atoms with Crippen LogP contribution in [0.15, 0.2) is 18.2 Å². The van der Waals surface area contributed by atoms with E-state index in [0.29, 0.717) is 0 Å². The first kappa shape index (κ1) is 13.4. The number of hydrogen-bond donors (Lipinski definition) is 1. The highest BCUT2D eigenvalue weighted by Crippen LogP contribution is 2.22. The van der Waals surface area contributed by atoms with Crippen LogP contribution in [0.2, 0.25) is 0 Å². The third-order valence-electron chi connectivity index (χ3n) is 2.37. The largest absolute Gasteiger partial charge is 0.492 e. The summed E-state index contributed by atoms with van der Waals surface area (Å²) in [5, 5.41) is 9.44. The Balaban J connectivity index is 2.54. The van der Waals surface area contributed by atoms with Crippen molar-refractivity contribution in [1.29, 1.82) is 0 Å². The van der Waals surface area contributed by atoms with Gasteiger partial charge in [0, 0.05) is 5.75 Å². The summed E-state index contributed by atoms with van der Waals surface area (Å²) in [7, 11) is 0. The van der Waals surface area contributed by atoms with Gasteiger partial charge in [-0.15, -0.1) is 0 Å². The second kappa shape index (κ2) is 6.81. The second-order valence-corrected chi connectivity index (χ2v) is 5.14. The van der Waals surface area contributed by atoms with Crippen LogP contribution in [0.3, 0.4) is 0 Å². The lowest BCUT2D eigenvalue weighted by molar-refractivity contribution is 0.199. The molecule has 0 radical (unpaired) electrons. The van der Waals surface area contributed by atoms with E-state index in [1.165, 1.54) is 0 Å². The van der Waals surface area contributed by atoms with Crippen molar-refractivity contribution >= 4 is 11.8 Å². The molecular formula is C13H20O2S. The van der Waals surface area contributed by atoms with Crippen molar-refractivity contribution in [2.24, 2.45) is 0 Å². The lowest BCUT2D eigenvalue weighted by Gasteiger charge is -2.11. The predicted octanol–water partition coefficient (Wildman–Crippen LogP) is 3.18. The van der Waals surface area contributed by atoms with E-state index in [-0.39, 0.29) is 0 Å². The van der Waals surface area contributed by atoms with E-state index in [9.17, 15) is 5.11 Å². The summed E-state index contributed by atoms with van der Waals surface area (Å²) in [5.41, 5.74) is 2.02. The maximum atomic E-state index is 9.44. The lowest BCUT2D eigenvalue weighted by Crippen LogP contribution is -2.02. The molecule has 0 saturated heterocycles. The number of thioether (sulfide) groups is 1. The number of aliphatic hydroxyl groups excluding tert-OH is 1. The average Bonchev–Trinajstić information content (AvgIpc) is 2.26. The third kappa shape index (κ3) is 4.06. The molecule has 16 heavy (non-hydrogen) atoms. The van der Waals surface area contributed by atoms with Gasteiger partial charge in [-0.1, -0.05) is 13.0 Å². The van der Waals surface area contributed by atoms with Gasteiger partial charge >= 0.3 is 0 Å². The van der Waals surface area contributed by atoms with Crippen LogP contribution < -0.4 is 4.74 Å². The maximum absolute atomic E-state index is 9.44. The van der Waals surface area contributed by atoms with Gasteiger partial charge in [-0.25, -0.2) is 0 Å². The fourth-order valence-corrected chi connectivity index (χ4v) is 1.94. The number of ether oxygens (including phenoxy) is 1. The summed E-state index contributed by atoms with van der Waals surface area (Å²) < 4.78 is 5.67. The van der Waals surface area contributed by atoms with E-state index >= 15 is 0 Å². The van der Waals surface area contributed by atoms with Crippen molar-refractivity contribution in [2.45, 2.75) is 26.9 Å². The zero-order valence-corrected chi connectivity index (χ0v) is 11.0. The van der Waals surface area contributed by atoms with Crippen molar-refractivity contribution < 1.29 is 9.84 Å². The zero-order valence-electron chi connectivity index (χ0n) is 10.2. The molecule has 0 saturated carbocycles. The quantitative estimate of drug-likeness (QED) is 0.774. The Hall–Kier alpha value is -0.670. The van der Waals surface area contributed by atoms with Crippen LogP contribution in [0.5, 0.6) is 5.75 Å². The molecule has 1 rings (SSSR count). The van der Waals surface area contributed by atoms with Crippen LogP contribution in [0.25, 0.3) is 0 Å². The van der Waals surface area contributed by atoms with E-state index in [4.69, 9.17) is 4.74 Å². The van der Waals surface area contributed by atoms with Crippen LogP contribution in [-0.4, -0.2) is 23.2 Å². The van der Waals surface area contributed by atoms with Crippen LogP contribution in [0, 0.1) is 6.92 Å². The maximum Gasteiger partial charge on any atom is 0.122 e. The molecule has 0 bridgehead atoms. The fourth-order valence-electron chi connectivity index (χ4n) is 1.45. The van der Waals surface area contributed by atoms with Gasteiger partial charge in [0.1, 0.15) is 5.75 Å². The summed E-state index contributed by atoms with van der Waals surface area (Å²) in [6.07, 6.45) is -0.414. The molecule has 0 aliphatic carbocycles. The molecular weight excluding hydrogens is 220 g/mol. The Labute approximate surface area is 102 Å². The predicted molar refractivity (Wildman–Crippen MR) is 70.3 cm³/mol. The Morgan fingerprint density at radius 3 is 2.75 bits per heavy atom. The highest BCUT2D eigenvalue weighted by molar-refractivity contribution is 7.99. The van der Waals surface area contributed by atoms with Gasteiger partial charge in [-0.2, -0.15) is 11.8 Å². The minimum Gasteiger partial charge on any atom is -0.492 e. The molecule has 0 unspecified atom stereocenters. The summed E-state index contributed by atoms with van der Waals surface area (Å²) in [4.78, 5) is 0. The topological polar surface area (TPSA) is 29.5 Å². The molecule has 90 valence electrons. The van der Waals surface area contributed by atoms with Crippen LogP contribution in [0.4, 0.5) is 0 Å². The summed E-state index contributed by atoms with van der Waals surface area (Å²) in [5.74, 6) is 3.07. The SMILES string of the molecule is CCSCCOc1ccc([C@H](C)O)cc1C. The Kier molecular flexibility index (Phi) is 5.71. The third-order valence-corrected chi connectivity index (χ3v) is 3.23. The molecule has 1 atom stereocenters. The number of hydrogen-bond acceptors (Lipinski definition) is 3. The second-order valence-electron chi connectivity index (χ2n) is 3.75. The van der Waals surface area contributed by atoms with Gasteiger partial charge in [0.15, 0.2) is 0 Å². The van der Waals surface area contributed by atoms with E-state index in [1.807, 2.05) is 36.9 Å². The van der Waals surface area contributed by atoms with Gasteiger partial charge < -0.3 is 9.84 Å². The van der Waals surface area contributed by atoms with Gasteiger partial charge in [0.25, 0.3) is 0 Å². The molecule has 0 amide bonds. The molecule has 0 aliphatic heterocycles. The van der Waals surface area contributed by atoms with Crippen molar-refractivity contribution in [3.8, 4) is 5.75 Å². The average molecular weight is 240 g/mol. The van der Waals surface area contributed by atoms with Crippen LogP contribution in [-0.2, 0) is 0 Å². The highest BCUT2D eigenvalue weighted by atomic mass is 32.2. The highest BCUT2D eigenvalue weighted by Gasteiger charge is 2.04. The first-order valence-electron chi connectivity index (χ1n) is 5.64. The monoisotopic (exact) mass is 240 g/mol. The minimum atomic E-state index is -0.414. The number of aryl methyl sites for hydroxylation is 1. The molecule has 1 aromatic rings. The number of benzene rings is 1. The summed E-state index contributed by atoms with van der Waals surface area (Å²) in [6.45, 7) is 6.67. The molecule has 0 aromatic heterocycles. The van der Waals surface area contributed by atoms with Crippen LogP contribution in [0.1, 0.15) is 31.1 Å². The molecule has 2 nitrogen and oxygen atoms in total. The van der Waals surface area contributed by atoms with Crippen molar-refractivity contribution in [3.05, 3.63) is 29.3 Å². The molecule has 3 heteroatoms. The van der Waals surface area contributed by atoms with Gasteiger partial charge in [-0.05, 0) is 42.9 Å². The molecule has 1 aromatic carbocycles. The molecule has 0 heterocycles. The normalized spacial score (nSPS) is 12.5. The van der Waals surface area contributed by atoms with Crippen molar-refractivity contribution in [1.82, 2.24) is 0 Å². The van der Waals surface area contributed by atoms with Gasteiger partial charge in [-0.3, -0.25) is 0 Å². The van der Waals surface area contributed by atoms with Gasteiger partial charge in [0.05, 0.1) is 12.7 Å². The van der Waals surface area contributed by atoms with E-state index in [2.05, 4.69) is 6.92 Å². The van der Waals surface area contributed by atoms with Crippen molar-refractivity contribution in [3.63, 3.8) is 0 Å². The minimum absolute atomic E-state index is 0.414. The zero-order chi connectivity index (χ0) is 12.0. The smallest absolute Gasteiger partial charge is 0.122 e. The Bertz CT molecular complexity index is 324. The lowest BCUT2D eigenvalue weighted by atomic mass is 10.1. The standard InChI is InChI=1S/C13H20O2S/c1-4-16-8-7-15-13-6-5-12(11(3)14)9-10(13)2/h5-6,9,11,14H,4,7-8H2,1-3H3/t11-/m0/s1. The number of aliphatic hydroxyl groups is 1. The summed E-state index contributed by atoms with van der Waals surface area (Å²) >= 11 is 1.88. The summed E-state index contributed by atoms with van der Waals surface area (Å²) in [6, 6.07) is 5.83. The van der Waals surface area contributed by atoms with Crippen molar-refractivity contribution in [2.75, 3.05) is 18.1 Å². The van der Waals surface area contributed by atoms with E-state index in [0.717, 1.165) is 35.0 Å². The van der Waals surface area contributed by atoms with E-state index in [1.54, 1.807) is 6.92 Å². The first-order chi connectivity index (χ1) is 7.65. The molecule has 0 aliphatic rings. The Morgan fingerprint density at radius 1 is 1.44 bits per heavy atom. The van der Waals surface area contributed by atoms with Crippen LogP contribution >= 0.6 is 11.8 Å². The molecule has 0 spiro atoms. The molecule has 0 fully saturated rings. The van der Waals surface area contributed by atoms with Gasteiger partial charge in [0.2, 0.25) is 0 Å². The Morgan fingerprint density at radius 2 is 2.19 bits per heavy atom. The number of rotatable bonds is 6. The van der Waals surface area contributed by atoms with E-state index < -0.39 is 6.10 Å². The fraction of sp³-hybridized carbons (Fsp3) is 0.538. The first-order valence-corrected chi connectivity index (χ1v) is 6.79. The molecule has 1 N–H and O–H groups in total.